The number of amides is 2. The summed E-state index contributed by atoms with van der Waals surface area (Å²) in [5.74, 6) is 0.166. The second-order valence-electron chi connectivity index (χ2n) is 9.24. The summed E-state index contributed by atoms with van der Waals surface area (Å²) in [7, 11) is 0. The van der Waals surface area contributed by atoms with Gasteiger partial charge in [-0.15, -0.1) is 0 Å². The highest BCUT2D eigenvalue weighted by molar-refractivity contribution is 5.68. The molecule has 0 saturated carbocycles. The fourth-order valence-corrected chi connectivity index (χ4v) is 3.92. The third-order valence-electron chi connectivity index (χ3n) is 5.68. The lowest BCUT2D eigenvalue weighted by molar-refractivity contribution is 0.0441. The number of nitrogens with one attached hydrogen (secondary N) is 1. The Balaban J connectivity index is 1.66. The molecule has 1 aliphatic rings. The number of aliphatic hydroxyl groups is 1. The van der Waals surface area contributed by atoms with Crippen molar-refractivity contribution in [1.29, 1.82) is 0 Å². The molecule has 1 aliphatic heterocycles. The van der Waals surface area contributed by atoms with Crippen molar-refractivity contribution in [2.75, 3.05) is 26.3 Å². The van der Waals surface area contributed by atoms with Gasteiger partial charge in [0, 0.05) is 13.0 Å². The van der Waals surface area contributed by atoms with Gasteiger partial charge >= 0.3 is 12.2 Å². The summed E-state index contributed by atoms with van der Waals surface area (Å²) in [4.78, 5) is 26.9. The first kappa shape index (κ1) is 26.5. The Morgan fingerprint density at radius 2 is 1.71 bits per heavy atom. The molecule has 2 N–H and O–H groups in total. The smallest absolute Gasteiger partial charge is 0.410 e. The van der Waals surface area contributed by atoms with Crippen LogP contribution >= 0.6 is 0 Å². The molecule has 1 fully saturated rings. The molecule has 0 spiro atoms. The van der Waals surface area contributed by atoms with E-state index in [2.05, 4.69) is 5.32 Å². The van der Waals surface area contributed by atoms with Gasteiger partial charge in [-0.25, -0.2) is 9.59 Å². The topological polar surface area (TPSA) is 97.3 Å². The molecule has 2 amide bonds. The number of hydrogen-bond acceptors (Lipinski definition) is 6. The molecule has 1 saturated heterocycles. The van der Waals surface area contributed by atoms with Crippen LogP contribution in [0, 0.1) is 5.92 Å². The Labute approximate surface area is 207 Å². The number of rotatable bonds is 11. The lowest BCUT2D eigenvalue weighted by Gasteiger charge is -2.30. The Morgan fingerprint density at radius 3 is 2.31 bits per heavy atom. The second-order valence-corrected chi connectivity index (χ2v) is 9.24. The van der Waals surface area contributed by atoms with Crippen molar-refractivity contribution in [1.82, 2.24) is 10.2 Å². The van der Waals surface area contributed by atoms with Crippen LogP contribution in [0.5, 0.6) is 0 Å². The SMILES string of the molecule is CC(C)CN(C[C@@H](O)[C@H](Cc1ccccc1)NC(=O)O[C@H]1CCOC1)C(=O)OCc1ccccc1. The quantitative estimate of drug-likeness (QED) is 0.504. The van der Waals surface area contributed by atoms with Gasteiger partial charge in [0.15, 0.2) is 0 Å². The number of ether oxygens (including phenoxy) is 3. The standard InChI is InChI=1S/C27H36N2O6/c1-20(2)16-29(27(32)34-18-22-11-7-4-8-12-22)17-25(30)24(15-21-9-5-3-6-10-21)28-26(31)35-23-13-14-33-19-23/h3-12,20,23-25,30H,13-19H2,1-2H3,(H,28,31)/t23-,24-,25+/m0/s1. The van der Waals surface area contributed by atoms with E-state index in [9.17, 15) is 14.7 Å². The van der Waals surface area contributed by atoms with E-state index >= 15 is 0 Å². The number of hydrogen-bond donors (Lipinski definition) is 2. The van der Waals surface area contributed by atoms with Crippen molar-refractivity contribution in [2.24, 2.45) is 5.92 Å². The molecule has 1 heterocycles. The summed E-state index contributed by atoms with van der Waals surface area (Å²) in [6, 6.07) is 18.3. The lowest BCUT2D eigenvalue weighted by Crippen LogP contribution is -2.51. The van der Waals surface area contributed by atoms with Crippen LogP contribution in [0.15, 0.2) is 60.7 Å². The zero-order valence-electron chi connectivity index (χ0n) is 20.5. The van der Waals surface area contributed by atoms with Crippen molar-refractivity contribution < 1.29 is 28.9 Å². The lowest BCUT2D eigenvalue weighted by atomic mass is 10.0. The van der Waals surface area contributed by atoms with Gasteiger partial charge in [-0.05, 0) is 23.5 Å². The maximum absolute atomic E-state index is 12.9. The summed E-state index contributed by atoms with van der Waals surface area (Å²) < 4.78 is 16.2. The predicted octanol–water partition coefficient (Wildman–Crippen LogP) is 3.77. The monoisotopic (exact) mass is 484 g/mol. The summed E-state index contributed by atoms with van der Waals surface area (Å²) in [5, 5.41) is 14.0. The molecule has 2 aromatic rings. The number of carbonyl (C=O) groups excluding carboxylic acids is 2. The van der Waals surface area contributed by atoms with Gasteiger partial charge in [0.25, 0.3) is 0 Å². The Hall–Kier alpha value is -3.10. The van der Waals surface area contributed by atoms with Gasteiger partial charge in [0.2, 0.25) is 0 Å². The number of benzene rings is 2. The molecule has 2 aromatic carbocycles. The van der Waals surface area contributed by atoms with Crippen molar-refractivity contribution in [3.63, 3.8) is 0 Å². The minimum absolute atomic E-state index is 0.0100. The third-order valence-corrected chi connectivity index (χ3v) is 5.68. The van der Waals surface area contributed by atoms with E-state index in [1.807, 2.05) is 74.5 Å². The maximum Gasteiger partial charge on any atom is 0.410 e. The Kier molecular flexibility index (Phi) is 10.4. The summed E-state index contributed by atoms with van der Waals surface area (Å²) >= 11 is 0. The van der Waals surface area contributed by atoms with Crippen molar-refractivity contribution in [3.05, 3.63) is 71.8 Å². The van der Waals surface area contributed by atoms with Gasteiger partial charge in [-0.1, -0.05) is 74.5 Å². The molecule has 0 aromatic heterocycles. The van der Waals surface area contributed by atoms with Crippen LogP contribution in [-0.2, 0) is 27.2 Å². The number of carbonyl (C=O) groups is 2. The Morgan fingerprint density at radius 1 is 1.06 bits per heavy atom. The largest absolute Gasteiger partial charge is 0.445 e. The highest BCUT2D eigenvalue weighted by Crippen LogP contribution is 2.13. The minimum Gasteiger partial charge on any atom is -0.445 e. The molecule has 8 nitrogen and oxygen atoms in total. The molecule has 8 heteroatoms. The van der Waals surface area contributed by atoms with Gasteiger partial charge in [0.05, 0.1) is 31.9 Å². The highest BCUT2D eigenvalue weighted by Gasteiger charge is 2.29. The molecule has 35 heavy (non-hydrogen) atoms. The summed E-state index contributed by atoms with van der Waals surface area (Å²) in [5.41, 5.74) is 1.83. The van der Waals surface area contributed by atoms with Gasteiger partial charge < -0.3 is 29.5 Å². The second kappa shape index (κ2) is 13.7. The molecule has 0 bridgehead atoms. The van der Waals surface area contributed by atoms with Crippen LogP contribution in [0.1, 0.15) is 31.4 Å². The average molecular weight is 485 g/mol. The fraction of sp³-hybridized carbons (Fsp3) is 0.481. The first-order valence-corrected chi connectivity index (χ1v) is 12.1. The molecule has 0 aliphatic carbocycles. The van der Waals surface area contributed by atoms with Crippen LogP contribution in [0.25, 0.3) is 0 Å². The van der Waals surface area contributed by atoms with Crippen LogP contribution in [-0.4, -0.2) is 66.7 Å². The number of aliphatic hydroxyl groups excluding tert-OH is 1. The average Bonchev–Trinajstić information content (AvgIpc) is 3.35. The van der Waals surface area contributed by atoms with E-state index in [1.54, 1.807) is 0 Å². The van der Waals surface area contributed by atoms with E-state index in [-0.39, 0.29) is 25.2 Å². The van der Waals surface area contributed by atoms with Gasteiger partial charge in [-0.2, -0.15) is 0 Å². The highest BCUT2D eigenvalue weighted by atomic mass is 16.6. The van der Waals surface area contributed by atoms with Gasteiger partial charge in [-0.3, -0.25) is 0 Å². The van der Waals surface area contributed by atoms with Crippen LogP contribution in [0.3, 0.4) is 0 Å². The fourth-order valence-electron chi connectivity index (χ4n) is 3.92. The first-order valence-electron chi connectivity index (χ1n) is 12.1. The minimum atomic E-state index is -1.04. The van der Waals surface area contributed by atoms with E-state index in [1.165, 1.54) is 4.90 Å². The molecule has 0 radical (unpaired) electrons. The number of alkyl carbamates (subject to hydrolysis) is 1. The first-order chi connectivity index (χ1) is 16.9. The molecule has 3 atom stereocenters. The van der Waals surface area contributed by atoms with E-state index in [4.69, 9.17) is 14.2 Å². The van der Waals surface area contributed by atoms with E-state index in [0.29, 0.717) is 32.6 Å². The molecule has 3 rings (SSSR count). The van der Waals surface area contributed by atoms with E-state index in [0.717, 1.165) is 11.1 Å². The molecule has 0 unspecified atom stereocenters. The Bertz CT molecular complexity index is 902. The molecular formula is C27H36N2O6. The third kappa shape index (κ3) is 9.22. The van der Waals surface area contributed by atoms with Crippen molar-refractivity contribution in [2.45, 2.75) is 51.5 Å². The van der Waals surface area contributed by atoms with Crippen LogP contribution in [0.2, 0.25) is 0 Å². The number of nitrogens with zero attached hydrogens (tertiary/aromatic N) is 1. The molecule has 190 valence electrons. The predicted molar refractivity (Wildman–Crippen MR) is 132 cm³/mol. The van der Waals surface area contributed by atoms with E-state index < -0.39 is 24.3 Å². The zero-order valence-corrected chi connectivity index (χ0v) is 20.5. The van der Waals surface area contributed by atoms with Crippen LogP contribution < -0.4 is 5.32 Å². The van der Waals surface area contributed by atoms with Gasteiger partial charge in [0.1, 0.15) is 12.7 Å². The van der Waals surface area contributed by atoms with Crippen LogP contribution in [0.4, 0.5) is 9.59 Å². The summed E-state index contributed by atoms with van der Waals surface area (Å²) in [6.45, 7) is 5.47. The normalized spacial score (nSPS) is 17.0. The zero-order chi connectivity index (χ0) is 25.0. The van der Waals surface area contributed by atoms with Crippen molar-refractivity contribution >= 4 is 12.2 Å². The maximum atomic E-state index is 12.9. The molecular weight excluding hydrogens is 448 g/mol. The van der Waals surface area contributed by atoms with Crippen molar-refractivity contribution in [3.8, 4) is 0 Å². The summed E-state index contributed by atoms with van der Waals surface area (Å²) in [6.07, 6.45) is -1.42.